The van der Waals surface area contributed by atoms with Crippen molar-refractivity contribution in [2.24, 2.45) is 0 Å². The second-order valence-electron chi connectivity index (χ2n) is 3.04. The summed E-state index contributed by atoms with van der Waals surface area (Å²) in [6.07, 6.45) is 0.840. The van der Waals surface area contributed by atoms with Crippen LogP contribution >= 0.6 is 15.9 Å². The molecule has 13 heavy (non-hydrogen) atoms. The Bertz CT molecular complexity index is 267. The summed E-state index contributed by atoms with van der Waals surface area (Å²) in [5, 5.41) is 6.56. The molecule has 2 rings (SSSR count). The molecule has 1 N–H and O–H groups in total. The van der Waals surface area contributed by atoms with Crippen LogP contribution in [0.1, 0.15) is 18.2 Å². The summed E-state index contributed by atoms with van der Waals surface area (Å²) in [5.41, 5.74) is 0.636. The third-order valence-corrected chi connectivity index (χ3v) is 3.10. The van der Waals surface area contributed by atoms with Gasteiger partial charge in [0.2, 0.25) is 0 Å². The van der Waals surface area contributed by atoms with E-state index in [1.807, 2.05) is 0 Å². The van der Waals surface area contributed by atoms with E-state index >= 15 is 0 Å². The average Bonchev–Trinajstić information content (AvgIpc) is 2.62. The van der Waals surface area contributed by atoms with Crippen molar-refractivity contribution in [3.8, 4) is 0 Å². The van der Waals surface area contributed by atoms with Crippen LogP contribution < -0.4 is 0 Å². The lowest BCUT2D eigenvalue weighted by Crippen LogP contribution is -2.32. The van der Waals surface area contributed by atoms with Crippen LogP contribution in [0.15, 0.2) is 12.3 Å². The molecule has 3 atom stereocenters. The maximum atomic E-state index is 13.6. The van der Waals surface area contributed by atoms with Gasteiger partial charge in [0.05, 0.1) is 10.5 Å². The smallest absolute Gasteiger partial charge is 0.144 e. The van der Waals surface area contributed by atoms with Crippen LogP contribution in [0.5, 0.6) is 0 Å². The van der Waals surface area contributed by atoms with E-state index in [0.717, 1.165) is 0 Å². The third kappa shape index (κ3) is 1.76. The molecule has 0 amide bonds. The number of nitrogens with one attached hydrogen (secondary N) is 1. The normalized spacial score (nSPS) is 34.8. The molecular formula is C8H10BrFN2O. The summed E-state index contributed by atoms with van der Waals surface area (Å²) < 4.78 is 18.9. The molecule has 5 heteroatoms. The predicted molar refractivity (Wildman–Crippen MR) is 49.5 cm³/mol. The molecule has 3 unspecified atom stereocenters. The first-order valence-electron chi connectivity index (χ1n) is 4.18. The Morgan fingerprint density at radius 3 is 3.23 bits per heavy atom. The highest BCUT2D eigenvalue weighted by Crippen LogP contribution is 2.33. The Morgan fingerprint density at radius 2 is 2.54 bits per heavy atom. The minimum Gasteiger partial charge on any atom is -0.369 e. The Balaban J connectivity index is 2.14. The Kier molecular flexibility index (Phi) is 2.64. The summed E-state index contributed by atoms with van der Waals surface area (Å²) >= 11 is 3.29. The zero-order valence-electron chi connectivity index (χ0n) is 6.91. The summed E-state index contributed by atoms with van der Waals surface area (Å²) in [5.74, 6) is 0. The van der Waals surface area contributed by atoms with Gasteiger partial charge in [0.15, 0.2) is 0 Å². The van der Waals surface area contributed by atoms with Gasteiger partial charge in [-0.2, -0.15) is 5.10 Å². The molecule has 0 radical (unpaired) electrons. The highest BCUT2D eigenvalue weighted by Gasteiger charge is 2.34. The first-order chi connectivity index (χ1) is 6.29. The van der Waals surface area contributed by atoms with Crippen molar-refractivity contribution in [2.45, 2.75) is 23.5 Å². The number of aromatic amines is 1. The fraction of sp³-hybridized carbons (Fsp3) is 0.625. The summed E-state index contributed by atoms with van der Waals surface area (Å²) in [6.45, 7) is 0.577. The van der Waals surface area contributed by atoms with Gasteiger partial charge < -0.3 is 4.74 Å². The monoisotopic (exact) mass is 248 g/mol. The van der Waals surface area contributed by atoms with Crippen molar-refractivity contribution < 1.29 is 9.13 Å². The van der Waals surface area contributed by atoms with E-state index in [1.54, 1.807) is 12.3 Å². The van der Waals surface area contributed by atoms with Gasteiger partial charge in [-0.05, 0) is 12.5 Å². The second kappa shape index (κ2) is 3.75. The van der Waals surface area contributed by atoms with E-state index in [0.29, 0.717) is 18.7 Å². The van der Waals surface area contributed by atoms with Gasteiger partial charge in [-0.15, -0.1) is 0 Å². The molecule has 0 aliphatic carbocycles. The van der Waals surface area contributed by atoms with E-state index in [9.17, 15) is 4.39 Å². The molecule has 0 spiro atoms. The standard InChI is InChI=1S/C8H10BrFN2O/c9-5-2-4-13-8(7(5)10)6-1-3-11-12-6/h1,3,5,7-8H,2,4H2,(H,11,12). The number of H-pyrrole nitrogens is 1. The SMILES string of the molecule is FC1C(Br)CCOC1c1cc[nH]n1. The molecule has 0 bridgehead atoms. The van der Waals surface area contributed by atoms with Gasteiger partial charge >= 0.3 is 0 Å². The van der Waals surface area contributed by atoms with Crippen LogP contribution in [-0.2, 0) is 4.74 Å². The predicted octanol–water partition coefficient (Wildman–Crippen LogP) is 1.97. The number of aromatic nitrogens is 2. The molecular weight excluding hydrogens is 239 g/mol. The number of hydrogen-bond donors (Lipinski definition) is 1. The molecule has 0 saturated carbocycles. The number of hydrogen-bond acceptors (Lipinski definition) is 2. The number of nitrogens with zero attached hydrogens (tertiary/aromatic N) is 1. The van der Waals surface area contributed by atoms with E-state index in [-0.39, 0.29) is 4.83 Å². The van der Waals surface area contributed by atoms with Crippen molar-refractivity contribution in [1.82, 2.24) is 10.2 Å². The number of rotatable bonds is 1. The molecule has 1 saturated heterocycles. The molecule has 1 aromatic heterocycles. The van der Waals surface area contributed by atoms with Crippen molar-refractivity contribution in [3.05, 3.63) is 18.0 Å². The number of alkyl halides is 2. The molecule has 1 aromatic rings. The molecule has 0 aromatic carbocycles. The zero-order valence-corrected chi connectivity index (χ0v) is 8.50. The van der Waals surface area contributed by atoms with Gasteiger partial charge in [0.1, 0.15) is 12.3 Å². The average molecular weight is 249 g/mol. The van der Waals surface area contributed by atoms with Gasteiger partial charge in [0.25, 0.3) is 0 Å². The first-order valence-corrected chi connectivity index (χ1v) is 5.10. The third-order valence-electron chi connectivity index (χ3n) is 2.14. The van der Waals surface area contributed by atoms with Gasteiger partial charge in [0, 0.05) is 12.8 Å². The lowest BCUT2D eigenvalue weighted by atomic mass is 10.0. The van der Waals surface area contributed by atoms with Crippen molar-refractivity contribution >= 4 is 15.9 Å². The van der Waals surface area contributed by atoms with Crippen molar-refractivity contribution in [2.75, 3.05) is 6.61 Å². The van der Waals surface area contributed by atoms with Gasteiger partial charge in [-0.1, -0.05) is 15.9 Å². The van der Waals surface area contributed by atoms with Crippen LogP contribution in [0.25, 0.3) is 0 Å². The Morgan fingerprint density at radius 1 is 1.69 bits per heavy atom. The van der Waals surface area contributed by atoms with Crippen molar-refractivity contribution in [3.63, 3.8) is 0 Å². The zero-order chi connectivity index (χ0) is 9.26. The summed E-state index contributed by atoms with van der Waals surface area (Å²) in [7, 11) is 0. The molecule has 1 fully saturated rings. The van der Waals surface area contributed by atoms with Crippen LogP contribution in [0.2, 0.25) is 0 Å². The summed E-state index contributed by atoms with van der Waals surface area (Å²) in [4.78, 5) is -0.122. The minimum absolute atomic E-state index is 0.122. The quantitative estimate of drug-likeness (QED) is 0.772. The van der Waals surface area contributed by atoms with E-state index in [2.05, 4.69) is 26.1 Å². The number of halogens is 2. The van der Waals surface area contributed by atoms with Crippen LogP contribution in [0.4, 0.5) is 4.39 Å². The molecule has 2 heterocycles. The summed E-state index contributed by atoms with van der Waals surface area (Å²) in [6, 6.07) is 1.74. The number of ether oxygens (including phenoxy) is 1. The minimum atomic E-state index is -1.02. The van der Waals surface area contributed by atoms with Crippen LogP contribution in [0, 0.1) is 0 Å². The van der Waals surface area contributed by atoms with E-state index < -0.39 is 12.3 Å². The topological polar surface area (TPSA) is 37.9 Å². The Labute approximate surface area is 83.8 Å². The van der Waals surface area contributed by atoms with E-state index in [1.165, 1.54) is 0 Å². The molecule has 1 aliphatic rings. The highest BCUT2D eigenvalue weighted by molar-refractivity contribution is 9.09. The molecule has 3 nitrogen and oxygen atoms in total. The lowest BCUT2D eigenvalue weighted by Gasteiger charge is -2.28. The van der Waals surface area contributed by atoms with Gasteiger partial charge in [-0.3, -0.25) is 5.10 Å². The molecule has 72 valence electrons. The largest absolute Gasteiger partial charge is 0.369 e. The Hall–Kier alpha value is -0.420. The van der Waals surface area contributed by atoms with Gasteiger partial charge in [-0.25, -0.2) is 4.39 Å². The van der Waals surface area contributed by atoms with Crippen molar-refractivity contribution in [1.29, 1.82) is 0 Å². The highest BCUT2D eigenvalue weighted by atomic mass is 79.9. The molecule has 1 aliphatic heterocycles. The maximum Gasteiger partial charge on any atom is 0.144 e. The van der Waals surface area contributed by atoms with Crippen LogP contribution in [0.3, 0.4) is 0 Å². The fourth-order valence-electron chi connectivity index (χ4n) is 1.43. The van der Waals surface area contributed by atoms with Crippen LogP contribution in [-0.4, -0.2) is 27.8 Å². The second-order valence-corrected chi connectivity index (χ2v) is 4.22. The fourth-order valence-corrected chi connectivity index (χ4v) is 1.89. The maximum absolute atomic E-state index is 13.6. The lowest BCUT2D eigenvalue weighted by molar-refractivity contribution is -0.0389. The first kappa shape index (κ1) is 9.15. The van der Waals surface area contributed by atoms with E-state index in [4.69, 9.17) is 4.74 Å².